The fraction of sp³-hybridized carbons (Fsp3) is 0.500. The first-order valence-electron chi connectivity index (χ1n) is 7.87. The van der Waals surface area contributed by atoms with Crippen molar-refractivity contribution in [1.82, 2.24) is 10.2 Å². The summed E-state index contributed by atoms with van der Waals surface area (Å²) < 4.78 is 0. The maximum Gasteiger partial charge on any atom is 0.326 e. The van der Waals surface area contributed by atoms with Gasteiger partial charge in [-0.1, -0.05) is 13.8 Å². The molecule has 0 aromatic rings. The Labute approximate surface area is 148 Å². The molecule has 0 aliphatic carbocycles. The smallest absolute Gasteiger partial charge is 0.326 e. The molecule has 0 spiro atoms. The summed E-state index contributed by atoms with van der Waals surface area (Å²) in [7, 11) is 3.56. The summed E-state index contributed by atoms with van der Waals surface area (Å²) in [5, 5.41) is 11.4. The van der Waals surface area contributed by atoms with Gasteiger partial charge >= 0.3 is 5.97 Å². The van der Waals surface area contributed by atoms with Crippen LogP contribution in [0.3, 0.4) is 0 Å². The number of nitrogens with one attached hydrogen (secondary N) is 1. The highest BCUT2D eigenvalue weighted by Crippen LogP contribution is 2.01. The molecule has 9 heteroatoms. The number of carboxylic acids is 1. The Hall–Kier alpha value is -2.84. The normalized spacial score (nSPS) is 11.8. The van der Waals surface area contributed by atoms with E-state index in [-0.39, 0.29) is 24.5 Å². The Morgan fingerprint density at radius 2 is 1.88 bits per heavy atom. The van der Waals surface area contributed by atoms with Crippen LogP contribution in [-0.4, -0.2) is 60.8 Å². The number of carboxylic acid groups (broad SMARTS) is 1. The summed E-state index contributed by atoms with van der Waals surface area (Å²) in [4.78, 5) is 39.5. The van der Waals surface area contributed by atoms with Gasteiger partial charge in [-0.3, -0.25) is 14.6 Å². The van der Waals surface area contributed by atoms with Crippen LogP contribution >= 0.6 is 0 Å². The summed E-state index contributed by atoms with van der Waals surface area (Å²) in [6, 6.07) is -1.13. The van der Waals surface area contributed by atoms with E-state index in [1.54, 1.807) is 25.2 Å². The molecule has 6 N–H and O–H groups in total. The van der Waals surface area contributed by atoms with E-state index in [0.29, 0.717) is 12.7 Å². The Bertz CT molecular complexity index is 509. The van der Waals surface area contributed by atoms with E-state index >= 15 is 0 Å². The van der Waals surface area contributed by atoms with Crippen molar-refractivity contribution in [3.8, 4) is 0 Å². The number of aliphatic carboxylic acids is 1. The molecule has 0 bridgehead atoms. The molecule has 1 amide bonds. The summed E-state index contributed by atoms with van der Waals surface area (Å²) in [6.07, 6.45) is 5.33. The largest absolute Gasteiger partial charge is 0.480 e. The number of allylic oxidation sites excluding steroid dienone is 2. The van der Waals surface area contributed by atoms with E-state index in [1.807, 2.05) is 13.8 Å². The first-order chi connectivity index (χ1) is 11.8. The number of aliphatic imine (C=N–C) groups is 1. The lowest BCUT2D eigenvalue weighted by Crippen LogP contribution is -2.41. The second-order valence-electron chi connectivity index (χ2n) is 4.86. The van der Waals surface area contributed by atoms with Crippen LogP contribution in [0.2, 0.25) is 0 Å². The standard InChI is InChI=1S/C14H23N5O4.C2H6/c1-19(2)8-4-5-10(9-20)12(21)18-11(13(22)23)6-3-7-17-14(15)16;1-2/h4-5,8-9,11H,3,6-7H2,1-2H3,(H,18,21)(H,22,23)(H4,15,16,17);1-2H3/b8-4-,10-5+;. The van der Waals surface area contributed by atoms with E-state index in [1.165, 1.54) is 12.2 Å². The molecule has 142 valence electrons. The highest BCUT2D eigenvalue weighted by atomic mass is 16.4. The van der Waals surface area contributed by atoms with Crippen molar-refractivity contribution in [2.24, 2.45) is 16.5 Å². The quantitative estimate of drug-likeness (QED) is 0.0621. The fourth-order valence-corrected chi connectivity index (χ4v) is 1.49. The second kappa shape index (κ2) is 14.7. The van der Waals surface area contributed by atoms with Crippen LogP contribution in [0.15, 0.2) is 28.9 Å². The van der Waals surface area contributed by atoms with Gasteiger partial charge in [0.05, 0.1) is 5.57 Å². The third-order valence-electron chi connectivity index (χ3n) is 2.60. The molecule has 0 radical (unpaired) electrons. The van der Waals surface area contributed by atoms with Crippen molar-refractivity contribution in [2.45, 2.75) is 32.7 Å². The maximum absolute atomic E-state index is 11.9. The predicted molar refractivity (Wildman–Crippen MR) is 97.8 cm³/mol. The molecule has 0 rings (SSSR count). The lowest BCUT2D eigenvalue weighted by molar-refractivity contribution is -0.141. The Balaban J connectivity index is 0. The van der Waals surface area contributed by atoms with Gasteiger partial charge in [-0.2, -0.15) is 0 Å². The zero-order chi connectivity index (χ0) is 19.8. The van der Waals surface area contributed by atoms with Crippen molar-refractivity contribution in [3.05, 3.63) is 23.9 Å². The average Bonchev–Trinajstić information content (AvgIpc) is 2.55. The van der Waals surface area contributed by atoms with Crippen molar-refractivity contribution in [1.29, 1.82) is 0 Å². The minimum Gasteiger partial charge on any atom is -0.480 e. The summed E-state index contributed by atoms with van der Waals surface area (Å²) in [5.74, 6) is -2.03. The van der Waals surface area contributed by atoms with Gasteiger partial charge in [0.25, 0.3) is 5.91 Å². The van der Waals surface area contributed by atoms with E-state index < -0.39 is 17.9 Å². The van der Waals surface area contributed by atoms with E-state index in [9.17, 15) is 14.4 Å². The van der Waals surface area contributed by atoms with E-state index in [4.69, 9.17) is 16.6 Å². The average molecular weight is 355 g/mol. The minimum atomic E-state index is -1.20. The van der Waals surface area contributed by atoms with Crippen molar-refractivity contribution >= 4 is 24.1 Å². The molecule has 9 nitrogen and oxygen atoms in total. The number of amides is 1. The number of guanidine groups is 1. The predicted octanol–water partition coefficient (Wildman–Crippen LogP) is -0.164. The molecule has 0 aliphatic heterocycles. The first-order valence-corrected chi connectivity index (χ1v) is 7.87. The molecular weight excluding hydrogens is 326 g/mol. The van der Waals surface area contributed by atoms with Gasteiger partial charge in [-0.15, -0.1) is 0 Å². The lowest BCUT2D eigenvalue weighted by atomic mass is 10.1. The van der Waals surface area contributed by atoms with E-state index in [0.717, 1.165) is 0 Å². The molecule has 0 fully saturated rings. The van der Waals surface area contributed by atoms with Crippen LogP contribution in [0.25, 0.3) is 0 Å². The van der Waals surface area contributed by atoms with Gasteiger partial charge < -0.3 is 26.8 Å². The molecule has 0 aliphatic rings. The third-order valence-corrected chi connectivity index (χ3v) is 2.60. The SMILES string of the molecule is CC.CN(C)/C=C\C=C(/C=O)C(=O)NC(CCCN=C(N)N)C(=O)O. The van der Waals surface area contributed by atoms with E-state index in [2.05, 4.69) is 10.3 Å². The molecule has 0 saturated carbocycles. The molecule has 25 heavy (non-hydrogen) atoms. The van der Waals surface area contributed by atoms with Gasteiger partial charge in [0.2, 0.25) is 0 Å². The number of hydrogen-bond donors (Lipinski definition) is 4. The molecule has 0 aromatic heterocycles. The second-order valence-corrected chi connectivity index (χ2v) is 4.86. The topological polar surface area (TPSA) is 151 Å². The molecule has 1 atom stereocenters. The number of carbonyl (C=O) groups excluding carboxylic acids is 2. The van der Waals surface area contributed by atoms with Crippen LogP contribution < -0.4 is 16.8 Å². The Morgan fingerprint density at radius 1 is 1.28 bits per heavy atom. The molecule has 0 heterocycles. The summed E-state index contributed by atoms with van der Waals surface area (Å²) >= 11 is 0. The minimum absolute atomic E-state index is 0.0836. The van der Waals surface area contributed by atoms with Crippen LogP contribution in [0.4, 0.5) is 0 Å². The van der Waals surface area contributed by atoms with Gasteiger partial charge in [0, 0.05) is 20.6 Å². The van der Waals surface area contributed by atoms with Crippen LogP contribution in [-0.2, 0) is 14.4 Å². The zero-order valence-electron chi connectivity index (χ0n) is 15.2. The van der Waals surface area contributed by atoms with Gasteiger partial charge in [0.15, 0.2) is 12.2 Å². The van der Waals surface area contributed by atoms with Crippen LogP contribution in [0.5, 0.6) is 0 Å². The van der Waals surface area contributed by atoms with Gasteiger partial charge in [-0.05, 0) is 31.2 Å². The summed E-state index contributed by atoms with van der Waals surface area (Å²) in [5.41, 5.74) is 10.2. The number of nitrogens with zero attached hydrogens (tertiary/aromatic N) is 2. The number of aldehydes is 1. The molecule has 1 unspecified atom stereocenters. The maximum atomic E-state index is 11.9. The Morgan fingerprint density at radius 3 is 2.32 bits per heavy atom. The Kier molecular flexibility index (Phi) is 14.4. The third kappa shape index (κ3) is 13.3. The van der Waals surface area contributed by atoms with Crippen LogP contribution in [0.1, 0.15) is 26.7 Å². The highest BCUT2D eigenvalue weighted by Gasteiger charge is 2.20. The van der Waals surface area contributed by atoms with Crippen molar-refractivity contribution in [2.75, 3.05) is 20.6 Å². The van der Waals surface area contributed by atoms with Crippen LogP contribution in [0, 0.1) is 0 Å². The van der Waals surface area contributed by atoms with Gasteiger partial charge in [-0.25, -0.2) is 4.79 Å². The first kappa shape index (κ1) is 24.4. The fourth-order valence-electron chi connectivity index (χ4n) is 1.49. The van der Waals surface area contributed by atoms with Crippen molar-refractivity contribution < 1.29 is 19.5 Å². The number of nitrogens with two attached hydrogens (primary N) is 2. The van der Waals surface area contributed by atoms with Gasteiger partial charge in [0.1, 0.15) is 6.04 Å². The number of carbonyl (C=O) groups is 3. The summed E-state index contributed by atoms with van der Waals surface area (Å²) in [6.45, 7) is 4.25. The zero-order valence-corrected chi connectivity index (χ0v) is 15.2. The number of hydrogen-bond acceptors (Lipinski definition) is 5. The molecule has 0 aromatic carbocycles. The lowest BCUT2D eigenvalue weighted by Gasteiger charge is -2.13. The highest BCUT2D eigenvalue weighted by molar-refractivity contribution is 6.11. The molecule has 0 saturated heterocycles. The monoisotopic (exact) mass is 355 g/mol. The van der Waals surface area contributed by atoms with Crippen molar-refractivity contribution in [3.63, 3.8) is 0 Å². The molecular formula is C16H29N5O4. The number of rotatable bonds is 10.